The highest BCUT2D eigenvalue weighted by atomic mass is 35.5. The van der Waals surface area contributed by atoms with Gasteiger partial charge in [-0.1, -0.05) is 35.9 Å². The second-order valence-corrected chi connectivity index (χ2v) is 8.11. The number of likely N-dealkylation sites (tertiary alicyclic amines) is 1. The molecule has 0 atom stereocenters. The molecule has 1 aromatic heterocycles. The Labute approximate surface area is 176 Å². The standard InChI is InChI=1S/C15H10ClNO2.C8H18N2/c16-11-5-3-6-12(9-11)17-13-7-2-1-4-10(13)8-14(17)15(18)19;1-7(2)10-5-3-8(9)4-6-10/h1-9H,(H,18,19);7-8H,3-6,9H2,1-2H3. The average Bonchev–Trinajstić information content (AvgIpc) is 3.09. The van der Waals surface area contributed by atoms with Crippen LogP contribution in [0.15, 0.2) is 54.6 Å². The van der Waals surface area contributed by atoms with Crippen LogP contribution in [0.1, 0.15) is 37.2 Å². The molecule has 1 fully saturated rings. The minimum Gasteiger partial charge on any atom is -0.477 e. The first-order valence-corrected chi connectivity index (χ1v) is 10.3. The summed E-state index contributed by atoms with van der Waals surface area (Å²) in [6, 6.07) is 17.5. The average molecular weight is 414 g/mol. The van der Waals surface area contributed by atoms with Gasteiger partial charge in [0, 0.05) is 28.2 Å². The summed E-state index contributed by atoms with van der Waals surface area (Å²) in [6.07, 6.45) is 2.36. The summed E-state index contributed by atoms with van der Waals surface area (Å²) in [7, 11) is 0. The van der Waals surface area contributed by atoms with Crippen molar-refractivity contribution in [2.75, 3.05) is 13.1 Å². The molecule has 0 radical (unpaired) electrons. The maximum atomic E-state index is 11.4. The monoisotopic (exact) mass is 413 g/mol. The van der Waals surface area contributed by atoms with Crippen LogP contribution in [0.3, 0.4) is 0 Å². The summed E-state index contributed by atoms with van der Waals surface area (Å²) in [5.41, 5.74) is 7.59. The zero-order chi connectivity index (χ0) is 21.0. The van der Waals surface area contributed by atoms with Gasteiger partial charge in [-0.3, -0.25) is 0 Å². The first kappa shape index (κ1) is 21.4. The molecule has 154 valence electrons. The minimum atomic E-state index is -0.962. The van der Waals surface area contributed by atoms with E-state index in [9.17, 15) is 9.90 Å². The van der Waals surface area contributed by atoms with Gasteiger partial charge in [0.15, 0.2) is 0 Å². The molecule has 0 bridgehead atoms. The Morgan fingerprint density at radius 1 is 1.10 bits per heavy atom. The Hall–Kier alpha value is -2.34. The lowest BCUT2D eigenvalue weighted by Crippen LogP contribution is -2.42. The van der Waals surface area contributed by atoms with Crippen molar-refractivity contribution in [3.05, 3.63) is 65.3 Å². The van der Waals surface area contributed by atoms with Crippen LogP contribution in [-0.2, 0) is 0 Å². The summed E-state index contributed by atoms with van der Waals surface area (Å²) in [5.74, 6) is -0.962. The molecule has 1 saturated heterocycles. The van der Waals surface area contributed by atoms with Crippen LogP contribution in [0.4, 0.5) is 0 Å². The number of nitrogens with zero attached hydrogens (tertiary/aromatic N) is 2. The number of carboxylic acid groups (broad SMARTS) is 1. The predicted octanol–water partition coefficient (Wildman–Crippen LogP) is 4.80. The van der Waals surface area contributed by atoms with E-state index in [0.717, 1.165) is 16.6 Å². The molecule has 3 N–H and O–H groups in total. The highest BCUT2D eigenvalue weighted by Gasteiger charge is 2.17. The molecule has 4 rings (SSSR count). The third-order valence-corrected chi connectivity index (χ3v) is 5.54. The number of nitrogens with two attached hydrogens (primary N) is 1. The van der Waals surface area contributed by atoms with Gasteiger partial charge in [0.1, 0.15) is 5.69 Å². The van der Waals surface area contributed by atoms with Crippen LogP contribution >= 0.6 is 11.6 Å². The number of carboxylic acids is 1. The van der Waals surface area contributed by atoms with Gasteiger partial charge in [-0.2, -0.15) is 0 Å². The number of carbonyl (C=O) groups is 1. The molecule has 0 spiro atoms. The number of hydrogen-bond acceptors (Lipinski definition) is 3. The van der Waals surface area contributed by atoms with E-state index in [2.05, 4.69) is 18.7 Å². The number of hydrogen-bond donors (Lipinski definition) is 2. The lowest BCUT2D eigenvalue weighted by Gasteiger charge is -2.32. The van der Waals surface area contributed by atoms with E-state index in [1.54, 1.807) is 28.8 Å². The highest BCUT2D eigenvalue weighted by molar-refractivity contribution is 6.30. The summed E-state index contributed by atoms with van der Waals surface area (Å²) < 4.78 is 1.70. The van der Waals surface area contributed by atoms with Gasteiger partial charge < -0.3 is 20.3 Å². The molecule has 0 saturated carbocycles. The van der Waals surface area contributed by atoms with E-state index in [1.165, 1.54) is 25.9 Å². The fourth-order valence-corrected chi connectivity index (χ4v) is 3.83. The Kier molecular flexibility index (Phi) is 6.96. The molecule has 0 aliphatic carbocycles. The lowest BCUT2D eigenvalue weighted by molar-refractivity contribution is 0.0688. The second-order valence-electron chi connectivity index (χ2n) is 7.68. The van der Waals surface area contributed by atoms with E-state index in [1.807, 2.05) is 30.3 Å². The number of benzene rings is 2. The molecule has 29 heavy (non-hydrogen) atoms. The molecule has 2 aromatic carbocycles. The largest absolute Gasteiger partial charge is 0.477 e. The molecule has 5 nitrogen and oxygen atoms in total. The van der Waals surface area contributed by atoms with Crippen molar-refractivity contribution in [2.24, 2.45) is 5.73 Å². The van der Waals surface area contributed by atoms with E-state index in [-0.39, 0.29) is 5.69 Å². The second kappa shape index (κ2) is 9.44. The van der Waals surface area contributed by atoms with Crippen molar-refractivity contribution in [2.45, 2.75) is 38.8 Å². The smallest absolute Gasteiger partial charge is 0.352 e. The van der Waals surface area contributed by atoms with Gasteiger partial charge in [-0.25, -0.2) is 4.79 Å². The highest BCUT2D eigenvalue weighted by Crippen LogP contribution is 2.25. The third-order valence-electron chi connectivity index (χ3n) is 5.30. The van der Waals surface area contributed by atoms with Gasteiger partial charge in [0.05, 0.1) is 5.52 Å². The Bertz CT molecular complexity index is 975. The fraction of sp³-hybridized carbons (Fsp3) is 0.348. The summed E-state index contributed by atoms with van der Waals surface area (Å²) in [6.45, 7) is 6.88. The summed E-state index contributed by atoms with van der Waals surface area (Å²) in [4.78, 5) is 13.9. The van der Waals surface area contributed by atoms with Crippen molar-refractivity contribution in [3.63, 3.8) is 0 Å². The first-order chi connectivity index (χ1) is 13.9. The van der Waals surface area contributed by atoms with Crippen LogP contribution in [0.5, 0.6) is 0 Å². The number of rotatable bonds is 3. The van der Waals surface area contributed by atoms with E-state index in [0.29, 0.717) is 17.1 Å². The summed E-state index contributed by atoms with van der Waals surface area (Å²) in [5, 5.41) is 10.8. The predicted molar refractivity (Wildman–Crippen MR) is 119 cm³/mol. The van der Waals surface area contributed by atoms with Gasteiger partial charge in [-0.05, 0) is 70.1 Å². The van der Waals surface area contributed by atoms with Gasteiger partial charge in [-0.15, -0.1) is 0 Å². The van der Waals surface area contributed by atoms with Crippen molar-refractivity contribution < 1.29 is 9.90 Å². The molecule has 0 amide bonds. The van der Waals surface area contributed by atoms with Gasteiger partial charge in [0.2, 0.25) is 0 Å². The molecule has 3 aromatic rings. The maximum absolute atomic E-state index is 11.4. The van der Waals surface area contributed by atoms with Gasteiger partial charge in [0.25, 0.3) is 0 Å². The van der Waals surface area contributed by atoms with Crippen LogP contribution < -0.4 is 5.73 Å². The SMILES string of the molecule is CC(C)N1CCC(N)CC1.O=C(O)c1cc2ccccc2n1-c1cccc(Cl)c1. The Balaban J connectivity index is 0.000000204. The fourth-order valence-electron chi connectivity index (χ4n) is 3.64. The number of fused-ring (bicyclic) bond motifs is 1. The molecule has 2 heterocycles. The van der Waals surface area contributed by atoms with Crippen molar-refractivity contribution in [1.82, 2.24) is 9.47 Å². The normalized spacial score (nSPS) is 15.3. The van der Waals surface area contributed by atoms with Crippen LogP contribution in [-0.4, -0.2) is 45.7 Å². The number of aromatic nitrogens is 1. The lowest BCUT2D eigenvalue weighted by atomic mass is 10.1. The van der Waals surface area contributed by atoms with Crippen molar-refractivity contribution >= 4 is 28.5 Å². The van der Waals surface area contributed by atoms with E-state index < -0.39 is 5.97 Å². The molecule has 1 aliphatic rings. The van der Waals surface area contributed by atoms with Crippen molar-refractivity contribution in [1.29, 1.82) is 0 Å². The molecular formula is C23H28ClN3O2. The number of halogens is 1. The summed E-state index contributed by atoms with van der Waals surface area (Å²) >= 11 is 5.98. The molecule has 1 aliphatic heterocycles. The van der Waals surface area contributed by atoms with Crippen molar-refractivity contribution in [3.8, 4) is 5.69 Å². The van der Waals surface area contributed by atoms with Crippen LogP contribution in [0, 0.1) is 0 Å². The minimum absolute atomic E-state index is 0.225. The third kappa shape index (κ3) is 5.18. The Morgan fingerprint density at radius 2 is 1.79 bits per heavy atom. The van der Waals surface area contributed by atoms with Gasteiger partial charge >= 0.3 is 5.97 Å². The first-order valence-electron chi connectivity index (χ1n) is 9.96. The number of aromatic carboxylic acids is 1. The number of para-hydroxylation sites is 1. The van der Waals surface area contributed by atoms with Crippen LogP contribution in [0.2, 0.25) is 5.02 Å². The molecular weight excluding hydrogens is 386 g/mol. The molecule has 6 heteroatoms. The zero-order valence-corrected chi connectivity index (χ0v) is 17.6. The van der Waals surface area contributed by atoms with E-state index >= 15 is 0 Å². The molecule has 0 unspecified atom stereocenters. The topological polar surface area (TPSA) is 71.5 Å². The number of piperidine rings is 1. The van der Waals surface area contributed by atoms with E-state index in [4.69, 9.17) is 17.3 Å². The zero-order valence-electron chi connectivity index (χ0n) is 16.9. The Morgan fingerprint density at radius 3 is 2.41 bits per heavy atom. The van der Waals surface area contributed by atoms with Crippen LogP contribution in [0.25, 0.3) is 16.6 Å². The maximum Gasteiger partial charge on any atom is 0.352 e. The quantitative estimate of drug-likeness (QED) is 0.646.